The SMILES string of the molecule is CC(C)OC(=O)c1ccc(NC(=O)CSCCC#N)cc1. The van der Waals surface area contributed by atoms with Gasteiger partial charge in [-0.3, -0.25) is 4.79 Å². The molecule has 0 aliphatic rings. The molecule has 6 heteroatoms. The van der Waals surface area contributed by atoms with Gasteiger partial charge in [-0.05, 0) is 38.1 Å². The summed E-state index contributed by atoms with van der Waals surface area (Å²) in [5.41, 5.74) is 1.08. The second kappa shape index (κ2) is 9.03. The van der Waals surface area contributed by atoms with Crippen LogP contribution in [0.1, 0.15) is 30.6 Å². The summed E-state index contributed by atoms with van der Waals surface area (Å²) in [5, 5.41) is 11.1. The number of carbonyl (C=O) groups excluding carboxylic acids is 2. The van der Waals surface area contributed by atoms with Crippen LogP contribution < -0.4 is 5.32 Å². The zero-order chi connectivity index (χ0) is 15.7. The zero-order valence-electron chi connectivity index (χ0n) is 12.1. The van der Waals surface area contributed by atoms with Crippen LogP contribution in [0.15, 0.2) is 24.3 Å². The minimum absolute atomic E-state index is 0.129. The number of anilines is 1. The first-order chi connectivity index (χ1) is 10.0. The van der Waals surface area contributed by atoms with Crippen LogP contribution in [0.2, 0.25) is 0 Å². The van der Waals surface area contributed by atoms with Crippen molar-refractivity contribution in [1.82, 2.24) is 0 Å². The fourth-order valence-corrected chi connectivity index (χ4v) is 2.09. The standard InChI is InChI=1S/C15H18N2O3S/c1-11(2)20-15(19)12-4-6-13(7-5-12)17-14(18)10-21-9-3-8-16/h4-7,11H,3,9-10H2,1-2H3,(H,17,18). The Balaban J connectivity index is 2.45. The van der Waals surface area contributed by atoms with Crippen LogP contribution in [0.4, 0.5) is 5.69 Å². The molecule has 1 rings (SSSR count). The number of amides is 1. The smallest absolute Gasteiger partial charge is 0.338 e. The van der Waals surface area contributed by atoms with Crippen LogP contribution in [-0.2, 0) is 9.53 Å². The molecule has 0 atom stereocenters. The van der Waals surface area contributed by atoms with Gasteiger partial charge in [0.1, 0.15) is 0 Å². The number of nitrogens with one attached hydrogen (secondary N) is 1. The van der Waals surface area contributed by atoms with Crippen molar-refractivity contribution in [3.8, 4) is 6.07 Å². The Morgan fingerprint density at radius 1 is 1.33 bits per heavy atom. The Bertz CT molecular complexity index is 521. The minimum atomic E-state index is -0.380. The number of esters is 1. The van der Waals surface area contributed by atoms with Gasteiger partial charge < -0.3 is 10.1 Å². The van der Waals surface area contributed by atoms with Gasteiger partial charge in [0, 0.05) is 17.9 Å². The summed E-state index contributed by atoms with van der Waals surface area (Å²) in [7, 11) is 0. The Morgan fingerprint density at radius 3 is 2.57 bits per heavy atom. The molecular formula is C15H18N2O3S. The number of rotatable bonds is 7. The molecule has 0 unspecified atom stereocenters. The van der Waals surface area contributed by atoms with Gasteiger partial charge in [0.05, 0.1) is 23.5 Å². The van der Waals surface area contributed by atoms with Gasteiger partial charge in [0.15, 0.2) is 0 Å². The lowest BCUT2D eigenvalue weighted by Crippen LogP contribution is -2.15. The van der Waals surface area contributed by atoms with Crippen molar-refractivity contribution < 1.29 is 14.3 Å². The van der Waals surface area contributed by atoms with Gasteiger partial charge in [0.2, 0.25) is 5.91 Å². The first-order valence-electron chi connectivity index (χ1n) is 6.58. The van der Waals surface area contributed by atoms with E-state index in [2.05, 4.69) is 5.32 Å². The Labute approximate surface area is 128 Å². The van der Waals surface area contributed by atoms with Crippen LogP contribution in [0.25, 0.3) is 0 Å². The van der Waals surface area contributed by atoms with Crippen molar-refractivity contribution in [1.29, 1.82) is 5.26 Å². The molecule has 0 bridgehead atoms. The summed E-state index contributed by atoms with van der Waals surface area (Å²) < 4.78 is 5.08. The molecule has 0 saturated heterocycles. The van der Waals surface area contributed by atoms with Gasteiger partial charge in [0.25, 0.3) is 0 Å². The molecule has 0 fully saturated rings. The van der Waals surface area contributed by atoms with Crippen molar-refractivity contribution in [3.63, 3.8) is 0 Å². The van der Waals surface area contributed by atoms with Crippen molar-refractivity contribution in [2.75, 3.05) is 16.8 Å². The number of benzene rings is 1. The summed E-state index contributed by atoms with van der Waals surface area (Å²) >= 11 is 1.41. The molecule has 21 heavy (non-hydrogen) atoms. The molecule has 0 spiro atoms. The van der Waals surface area contributed by atoms with E-state index in [-0.39, 0.29) is 18.0 Å². The first kappa shape index (κ1) is 17.1. The van der Waals surface area contributed by atoms with E-state index in [9.17, 15) is 9.59 Å². The molecule has 0 heterocycles. The average molecular weight is 306 g/mol. The summed E-state index contributed by atoms with van der Waals surface area (Å²) in [6, 6.07) is 8.58. The molecule has 0 aliphatic carbocycles. The summed E-state index contributed by atoms with van der Waals surface area (Å²) in [6.45, 7) is 3.58. The third-order valence-electron chi connectivity index (χ3n) is 2.34. The second-order valence-corrected chi connectivity index (χ2v) is 5.65. The molecule has 5 nitrogen and oxygen atoms in total. The maximum absolute atomic E-state index is 11.7. The Kier molecular flexibility index (Phi) is 7.33. The van der Waals surface area contributed by atoms with Crippen LogP contribution in [0.5, 0.6) is 0 Å². The van der Waals surface area contributed by atoms with Crippen LogP contribution in [0.3, 0.4) is 0 Å². The topological polar surface area (TPSA) is 79.2 Å². The third kappa shape index (κ3) is 6.82. The fraction of sp³-hybridized carbons (Fsp3) is 0.400. The lowest BCUT2D eigenvalue weighted by molar-refractivity contribution is -0.113. The first-order valence-corrected chi connectivity index (χ1v) is 7.74. The van der Waals surface area contributed by atoms with Crippen molar-refractivity contribution in [3.05, 3.63) is 29.8 Å². The predicted molar refractivity (Wildman–Crippen MR) is 83.2 cm³/mol. The second-order valence-electron chi connectivity index (χ2n) is 4.54. The zero-order valence-corrected chi connectivity index (χ0v) is 12.9. The number of nitrogens with zero attached hydrogens (tertiary/aromatic N) is 1. The number of nitriles is 1. The summed E-state index contributed by atoms with van der Waals surface area (Å²) in [4.78, 5) is 23.3. The van der Waals surface area contributed by atoms with Crippen molar-refractivity contribution >= 4 is 29.3 Å². The van der Waals surface area contributed by atoms with Gasteiger partial charge in [-0.1, -0.05) is 0 Å². The maximum atomic E-state index is 11.7. The number of carbonyl (C=O) groups is 2. The molecule has 0 aliphatic heterocycles. The lowest BCUT2D eigenvalue weighted by Gasteiger charge is -2.09. The van der Waals surface area contributed by atoms with E-state index in [0.29, 0.717) is 29.2 Å². The van der Waals surface area contributed by atoms with Crippen molar-refractivity contribution in [2.24, 2.45) is 0 Å². The average Bonchev–Trinajstić information content (AvgIpc) is 2.43. The predicted octanol–water partition coefficient (Wildman–Crippen LogP) is 2.84. The Hall–Kier alpha value is -2.00. The number of hydrogen-bond donors (Lipinski definition) is 1. The molecule has 1 N–H and O–H groups in total. The van der Waals surface area contributed by atoms with Gasteiger partial charge in [-0.15, -0.1) is 0 Å². The largest absolute Gasteiger partial charge is 0.459 e. The van der Waals surface area contributed by atoms with E-state index < -0.39 is 0 Å². The van der Waals surface area contributed by atoms with Gasteiger partial charge in [-0.2, -0.15) is 17.0 Å². The monoisotopic (exact) mass is 306 g/mol. The number of thioether (sulfide) groups is 1. The van der Waals surface area contributed by atoms with Crippen LogP contribution in [0, 0.1) is 11.3 Å². The van der Waals surface area contributed by atoms with Gasteiger partial charge in [-0.25, -0.2) is 4.79 Å². The molecule has 0 radical (unpaired) electrons. The molecule has 1 amide bonds. The molecule has 0 aromatic heterocycles. The quantitative estimate of drug-likeness (QED) is 0.619. The Morgan fingerprint density at radius 2 is 2.00 bits per heavy atom. The summed E-state index contributed by atoms with van der Waals surface area (Å²) in [5.74, 6) is 0.438. The highest BCUT2D eigenvalue weighted by atomic mass is 32.2. The molecule has 1 aromatic rings. The van der Waals surface area contributed by atoms with E-state index in [1.807, 2.05) is 6.07 Å². The van der Waals surface area contributed by atoms with Crippen LogP contribution in [-0.4, -0.2) is 29.5 Å². The van der Waals surface area contributed by atoms with E-state index in [1.165, 1.54) is 11.8 Å². The highest BCUT2D eigenvalue weighted by Crippen LogP contribution is 2.12. The van der Waals surface area contributed by atoms with E-state index >= 15 is 0 Å². The fourth-order valence-electron chi connectivity index (χ4n) is 1.45. The normalized spacial score (nSPS) is 10.0. The molecule has 0 saturated carbocycles. The van der Waals surface area contributed by atoms with Crippen molar-refractivity contribution in [2.45, 2.75) is 26.4 Å². The number of ether oxygens (including phenoxy) is 1. The minimum Gasteiger partial charge on any atom is -0.459 e. The molecule has 112 valence electrons. The lowest BCUT2D eigenvalue weighted by atomic mass is 10.2. The van der Waals surface area contributed by atoms with Crippen LogP contribution >= 0.6 is 11.8 Å². The number of hydrogen-bond acceptors (Lipinski definition) is 5. The molecule has 1 aromatic carbocycles. The van der Waals surface area contributed by atoms with E-state index in [4.69, 9.17) is 10.00 Å². The summed E-state index contributed by atoms with van der Waals surface area (Å²) in [6.07, 6.45) is 0.271. The third-order valence-corrected chi connectivity index (χ3v) is 3.30. The van der Waals surface area contributed by atoms with E-state index in [1.54, 1.807) is 38.1 Å². The highest BCUT2D eigenvalue weighted by Gasteiger charge is 2.09. The maximum Gasteiger partial charge on any atom is 0.338 e. The highest BCUT2D eigenvalue weighted by molar-refractivity contribution is 7.99. The molecular weight excluding hydrogens is 288 g/mol. The van der Waals surface area contributed by atoms with E-state index in [0.717, 1.165) is 0 Å². The van der Waals surface area contributed by atoms with Gasteiger partial charge >= 0.3 is 5.97 Å².